The molecule has 1 aromatic carbocycles. The van der Waals surface area contributed by atoms with E-state index < -0.39 is 31.7 Å². The highest BCUT2D eigenvalue weighted by molar-refractivity contribution is 7.92. The summed E-state index contributed by atoms with van der Waals surface area (Å²) >= 11 is 0. The number of hydrogen-bond donors (Lipinski definition) is 1. The van der Waals surface area contributed by atoms with Gasteiger partial charge in [-0.3, -0.25) is 4.79 Å². The number of piperidine rings is 1. The minimum absolute atomic E-state index is 0.288. The number of rotatable bonds is 4. The average Bonchev–Trinajstić information content (AvgIpc) is 2.53. The maximum absolute atomic E-state index is 13.2. The minimum Gasteiger partial charge on any atom is -0.375 e. The topological polar surface area (TPSA) is 66.5 Å². The van der Waals surface area contributed by atoms with E-state index in [1.54, 1.807) is 4.90 Å². The molecule has 1 fully saturated rings. The zero-order valence-corrected chi connectivity index (χ0v) is 13.4. The van der Waals surface area contributed by atoms with Crippen molar-refractivity contribution in [2.24, 2.45) is 0 Å². The summed E-state index contributed by atoms with van der Waals surface area (Å²) in [4.78, 5) is 12.3. The first kappa shape index (κ1) is 18.5. The van der Waals surface area contributed by atoms with Crippen LogP contribution in [0, 0.1) is 5.82 Å². The molecule has 0 saturated carbocycles. The van der Waals surface area contributed by atoms with Crippen LogP contribution in [-0.2, 0) is 14.6 Å². The predicted octanol–water partition coefficient (Wildman–Crippen LogP) is 2.54. The molecule has 5 nitrogen and oxygen atoms in total. The van der Waals surface area contributed by atoms with Crippen LogP contribution in [0.3, 0.4) is 0 Å². The molecule has 0 bridgehead atoms. The number of sulfone groups is 1. The molecule has 10 heteroatoms. The van der Waals surface area contributed by atoms with Crippen LogP contribution in [-0.4, -0.2) is 44.4 Å². The third-order valence-corrected chi connectivity index (χ3v) is 5.20. The number of alkyl halides is 3. The number of benzene rings is 1. The number of nitrogens with zero attached hydrogens (tertiary/aromatic N) is 1. The van der Waals surface area contributed by atoms with Crippen molar-refractivity contribution in [1.82, 2.24) is 4.90 Å². The van der Waals surface area contributed by atoms with Gasteiger partial charge in [0.1, 0.15) is 10.7 Å². The number of hydrogen-bond acceptors (Lipinski definition) is 4. The lowest BCUT2D eigenvalue weighted by Gasteiger charge is -2.27. The Labute approximate surface area is 136 Å². The van der Waals surface area contributed by atoms with Crippen LogP contribution in [0.1, 0.15) is 19.3 Å². The summed E-state index contributed by atoms with van der Waals surface area (Å²) in [6, 6.07) is 1.98. The second-order valence-corrected chi connectivity index (χ2v) is 7.29. The van der Waals surface area contributed by atoms with E-state index in [-0.39, 0.29) is 18.5 Å². The molecule has 0 atom stereocenters. The van der Waals surface area contributed by atoms with Crippen LogP contribution in [0.2, 0.25) is 0 Å². The lowest BCUT2D eigenvalue weighted by Crippen LogP contribution is -2.39. The lowest BCUT2D eigenvalue weighted by molar-refractivity contribution is -0.130. The van der Waals surface area contributed by atoms with Gasteiger partial charge in [0.05, 0.1) is 12.2 Å². The first-order chi connectivity index (χ1) is 11.1. The van der Waals surface area contributed by atoms with Crippen molar-refractivity contribution >= 4 is 21.4 Å². The largest absolute Gasteiger partial charge is 0.501 e. The van der Waals surface area contributed by atoms with Crippen LogP contribution in [0.4, 0.5) is 23.2 Å². The Hall–Kier alpha value is -1.84. The van der Waals surface area contributed by atoms with E-state index in [1.165, 1.54) is 0 Å². The monoisotopic (exact) mass is 368 g/mol. The molecule has 0 radical (unpaired) electrons. The Morgan fingerprint density at radius 2 is 1.79 bits per heavy atom. The number of nitrogens with one attached hydrogen (secondary N) is 1. The highest BCUT2D eigenvalue weighted by Gasteiger charge is 2.48. The molecule has 0 unspecified atom stereocenters. The standard InChI is InChI=1S/C14H16F4N2O3S/c15-10-4-5-11(12(8-10)24(22,23)14(16,17)18)19-9-13(21)20-6-2-1-3-7-20/h4-5,8,19H,1-3,6-7,9H2. The summed E-state index contributed by atoms with van der Waals surface area (Å²) in [7, 11) is -5.73. The molecule has 1 N–H and O–H groups in total. The van der Waals surface area contributed by atoms with Crippen LogP contribution < -0.4 is 5.32 Å². The second-order valence-electron chi connectivity index (χ2n) is 5.38. The van der Waals surface area contributed by atoms with E-state index in [0.717, 1.165) is 31.4 Å². The molecule has 2 rings (SSSR count). The molecule has 1 aliphatic rings. The number of halogens is 4. The molecular weight excluding hydrogens is 352 g/mol. The summed E-state index contributed by atoms with van der Waals surface area (Å²) in [6.07, 6.45) is 2.69. The van der Waals surface area contributed by atoms with Gasteiger partial charge in [-0.15, -0.1) is 0 Å². The molecular formula is C14H16F4N2O3S. The third-order valence-electron chi connectivity index (χ3n) is 3.68. The number of carbonyl (C=O) groups excluding carboxylic acids is 1. The van der Waals surface area contributed by atoms with Crippen molar-refractivity contribution in [2.45, 2.75) is 29.7 Å². The molecule has 134 valence electrons. The van der Waals surface area contributed by atoms with Crippen molar-refractivity contribution in [3.05, 3.63) is 24.0 Å². The van der Waals surface area contributed by atoms with Crippen molar-refractivity contribution in [2.75, 3.05) is 25.0 Å². The smallest absolute Gasteiger partial charge is 0.375 e. The molecule has 1 aliphatic heterocycles. The SMILES string of the molecule is O=C(CNc1ccc(F)cc1S(=O)(=O)C(F)(F)F)N1CCCCC1. The van der Waals surface area contributed by atoms with Gasteiger partial charge in [0.15, 0.2) is 0 Å². The van der Waals surface area contributed by atoms with Crippen molar-refractivity contribution in [1.29, 1.82) is 0 Å². The van der Waals surface area contributed by atoms with Gasteiger partial charge in [0.25, 0.3) is 9.84 Å². The first-order valence-electron chi connectivity index (χ1n) is 7.25. The van der Waals surface area contributed by atoms with Crippen LogP contribution in [0.15, 0.2) is 23.1 Å². The van der Waals surface area contributed by atoms with Gasteiger partial charge >= 0.3 is 5.51 Å². The summed E-state index contributed by atoms with van der Waals surface area (Å²) < 4.78 is 74.4. The van der Waals surface area contributed by atoms with Crippen LogP contribution in [0.25, 0.3) is 0 Å². The molecule has 0 spiro atoms. The van der Waals surface area contributed by atoms with E-state index in [0.29, 0.717) is 13.1 Å². The summed E-state index contributed by atoms with van der Waals surface area (Å²) in [6.45, 7) is 0.737. The summed E-state index contributed by atoms with van der Waals surface area (Å²) in [5, 5.41) is 2.38. The third kappa shape index (κ3) is 3.97. The molecule has 0 aliphatic carbocycles. The Bertz CT molecular complexity index is 713. The quantitative estimate of drug-likeness (QED) is 0.830. The lowest BCUT2D eigenvalue weighted by atomic mass is 10.1. The molecule has 0 aromatic heterocycles. The van der Waals surface area contributed by atoms with E-state index in [1.807, 2.05) is 0 Å². The summed E-state index contributed by atoms with van der Waals surface area (Å²) in [5.74, 6) is -1.47. The number of carbonyl (C=O) groups is 1. The number of anilines is 1. The Morgan fingerprint density at radius 3 is 2.38 bits per heavy atom. The first-order valence-corrected chi connectivity index (χ1v) is 8.74. The van der Waals surface area contributed by atoms with Gasteiger partial charge in [0, 0.05) is 13.1 Å². The molecule has 24 heavy (non-hydrogen) atoms. The average molecular weight is 368 g/mol. The van der Waals surface area contributed by atoms with Gasteiger partial charge in [-0.2, -0.15) is 13.2 Å². The van der Waals surface area contributed by atoms with Gasteiger partial charge in [0.2, 0.25) is 5.91 Å². The van der Waals surface area contributed by atoms with E-state index in [2.05, 4.69) is 5.32 Å². The minimum atomic E-state index is -5.73. The Morgan fingerprint density at radius 1 is 1.17 bits per heavy atom. The van der Waals surface area contributed by atoms with Crippen LogP contribution in [0.5, 0.6) is 0 Å². The zero-order chi connectivity index (χ0) is 18.0. The predicted molar refractivity (Wildman–Crippen MR) is 78.6 cm³/mol. The zero-order valence-electron chi connectivity index (χ0n) is 12.6. The number of likely N-dealkylation sites (tertiary alicyclic amines) is 1. The molecule has 1 amide bonds. The normalized spacial score (nSPS) is 16.1. The second kappa shape index (κ2) is 6.96. The van der Waals surface area contributed by atoms with Gasteiger partial charge in [-0.05, 0) is 37.5 Å². The highest BCUT2D eigenvalue weighted by Crippen LogP contribution is 2.34. The fraction of sp³-hybridized carbons (Fsp3) is 0.500. The molecule has 1 aromatic rings. The number of amides is 1. The maximum atomic E-state index is 13.2. The van der Waals surface area contributed by atoms with Crippen molar-refractivity contribution < 1.29 is 30.8 Å². The van der Waals surface area contributed by atoms with Crippen molar-refractivity contribution in [3.63, 3.8) is 0 Å². The van der Waals surface area contributed by atoms with Gasteiger partial charge in [-0.1, -0.05) is 0 Å². The van der Waals surface area contributed by atoms with Crippen molar-refractivity contribution in [3.8, 4) is 0 Å². The van der Waals surface area contributed by atoms with E-state index >= 15 is 0 Å². The van der Waals surface area contributed by atoms with E-state index in [4.69, 9.17) is 0 Å². The molecule has 1 heterocycles. The summed E-state index contributed by atoms with van der Waals surface area (Å²) in [5.41, 5.74) is -6.02. The Kier molecular flexibility index (Phi) is 5.36. The molecule has 1 saturated heterocycles. The van der Waals surface area contributed by atoms with Gasteiger partial charge < -0.3 is 10.2 Å². The highest BCUT2D eigenvalue weighted by atomic mass is 32.2. The fourth-order valence-corrected chi connectivity index (χ4v) is 3.36. The van der Waals surface area contributed by atoms with E-state index in [9.17, 15) is 30.8 Å². The fourth-order valence-electron chi connectivity index (χ4n) is 2.42. The maximum Gasteiger partial charge on any atom is 0.501 e. The van der Waals surface area contributed by atoms with Crippen LogP contribution >= 0.6 is 0 Å². The Balaban J connectivity index is 2.20. The van der Waals surface area contributed by atoms with Gasteiger partial charge in [-0.25, -0.2) is 12.8 Å².